The Hall–Kier alpha value is -1.13. The minimum absolute atomic E-state index is 0.153. The molecule has 0 aliphatic rings. The van der Waals surface area contributed by atoms with Crippen molar-refractivity contribution in [2.75, 3.05) is 6.67 Å². The standard InChI is InChI=1S/C11H19FO4/c1-11(2,3)16-9(13)7-8(10(14)15)5-4-6-12/h8H,4-7H2,1-3H3,(H,14,15)/t8-/m1/s1. The van der Waals surface area contributed by atoms with Crippen molar-refractivity contribution in [2.24, 2.45) is 5.92 Å². The van der Waals surface area contributed by atoms with Crippen LogP contribution in [0.3, 0.4) is 0 Å². The maximum Gasteiger partial charge on any atom is 0.307 e. The van der Waals surface area contributed by atoms with Crippen molar-refractivity contribution >= 4 is 11.9 Å². The number of hydrogen-bond acceptors (Lipinski definition) is 3. The van der Waals surface area contributed by atoms with Gasteiger partial charge in [-0.15, -0.1) is 0 Å². The second-order valence-corrected chi connectivity index (χ2v) is 4.66. The van der Waals surface area contributed by atoms with Crippen molar-refractivity contribution in [3.8, 4) is 0 Å². The lowest BCUT2D eigenvalue weighted by Gasteiger charge is -2.20. The molecule has 1 N–H and O–H groups in total. The highest BCUT2D eigenvalue weighted by Gasteiger charge is 2.24. The molecular weight excluding hydrogens is 215 g/mol. The zero-order valence-electron chi connectivity index (χ0n) is 9.96. The van der Waals surface area contributed by atoms with Gasteiger partial charge < -0.3 is 9.84 Å². The van der Waals surface area contributed by atoms with E-state index in [0.717, 1.165) is 0 Å². The molecule has 5 heteroatoms. The van der Waals surface area contributed by atoms with E-state index in [9.17, 15) is 14.0 Å². The number of ether oxygens (including phenoxy) is 1. The van der Waals surface area contributed by atoms with Crippen LogP contribution in [0.5, 0.6) is 0 Å². The average molecular weight is 234 g/mol. The minimum Gasteiger partial charge on any atom is -0.481 e. The molecule has 0 radical (unpaired) electrons. The first kappa shape index (κ1) is 14.9. The molecule has 94 valence electrons. The smallest absolute Gasteiger partial charge is 0.307 e. The molecule has 0 spiro atoms. The van der Waals surface area contributed by atoms with E-state index < -0.39 is 30.1 Å². The third kappa shape index (κ3) is 7.20. The predicted molar refractivity (Wildman–Crippen MR) is 56.8 cm³/mol. The molecule has 0 amide bonds. The van der Waals surface area contributed by atoms with Gasteiger partial charge in [-0.05, 0) is 33.6 Å². The molecule has 1 atom stereocenters. The Balaban J connectivity index is 4.19. The molecule has 0 aromatic carbocycles. The Kier molecular flexibility index (Phi) is 6.00. The third-order valence-electron chi connectivity index (χ3n) is 1.87. The van der Waals surface area contributed by atoms with Gasteiger partial charge in [0.25, 0.3) is 0 Å². The van der Waals surface area contributed by atoms with E-state index in [4.69, 9.17) is 9.84 Å². The van der Waals surface area contributed by atoms with Gasteiger partial charge in [-0.3, -0.25) is 14.0 Å². The van der Waals surface area contributed by atoms with E-state index in [0.29, 0.717) is 0 Å². The summed E-state index contributed by atoms with van der Waals surface area (Å²) < 4.78 is 16.9. The first-order valence-corrected chi connectivity index (χ1v) is 5.27. The SMILES string of the molecule is CC(C)(C)OC(=O)C[C@@H](CCCF)C(=O)O. The van der Waals surface area contributed by atoms with Crippen molar-refractivity contribution < 1.29 is 23.8 Å². The summed E-state index contributed by atoms with van der Waals surface area (Å²) in [6.45, 7) is 4.56. The van der Waals surface area contributed by atoms with Gasteiger partial charge in [0, 0.05) is 0 Å². The van der Waals surface area contributed by atoms with Crippen molar-refractivity contribution in [3.05, 3.63) is 0 Å². The van der Waals surface area contributed by atoms with E-state index in [1.807, 2.05) is 0 Å². The first-order chi connectivity index (χ1) is 7.26. The van der Waals surface area contributed by atoms with Crippen molar-refractivity contribution in [2.45, 2.75) is 45.6 Å². The van der Waals surface area contributed by atoms with Crippen LogP contribution in [0.2, 0.25) is 0 Å². The van der Waals surface area contributed by atoms with Gasteiger partial charge >= 0.3 is 11.9 Å². The molecular formula is C11H19FO4. The van der Waals surface area contributed by atoms with Gasteiger partial charge in [-0.2, -0.15) is 0 Å². The van der Waals surface area contributed by atoms with Crippen LogP contribution < -0.4 is 0 Å². The maximum absolute atomic E-state index is 11.9. The molecule has 4 nitrogen and oxygen atoms in total. The Morgan fingerprint density at radius 3 is 2.31 bits per heavy atom. The van der Waals surface area contributed by atoms with Crippen LogP contribution in [0.4, 0.5) is 4.39 Å². The predicted octanol–water partition coefficient (Wildman–Crippen LogP) is 2.17. The summed E-state index contributed by atoms with van der Waals surface area (Å²) in [6, 6.07) is 0. The van der Waals surface area contributed by atoms with Gasteiger partial charge in [0.05, 0.1) is 19.0 Å². The fourth-order valence-electron chi connectivity index (χ4n) is 1.22. The van der Waals surface area contributed by atoms with Gasteiger partial charge in [0.2, 0.25) is 0 Å². The fraction of sp³-hybridized carbons (Fsp3) is 0.818. The largest absolute Gasteiger partial charge is 0.481 e. The van der Waals surface area contributed by atoms with Crippen LogP contribution in [0.1, 0.15) is 40.0 Å². The van der Waals surface area contributed by atoms with E-state index >= 15 is 0 Å². The molecule has 0 aliphatic carbocycles. The molecule has 0 aromatic rings. The number of carboxylic acids is 1. The molecule has 0 heterocycles. The van der Waals surface area contributed by atoms with Crippen molar-refractivity contribution in [1.29, 1.82) is 0 Å². The second-order valence-electron chi connectivity index (χ2n) is 4.66. The number of carbonyl (C=O) groups is 2. The average Bonchev–Trinajstić information content (AvgIpc) is 2.08. The normalized spacial score (nSPS) is 13.2. The van der Waals surface area contributed by atoms with Crippen LogP contribution in [0.25, 0.3) is 0 Å². The monoisotopic (exact) mass is 234 g/mol. The van der Waals surface area contributed by atoms with E-state index in [1.54, 1.807) is 20.8 Å². The lowest BCUT2D eigenvalue weighted by atomic mass is 10.00. The Morgan fingerprint density at radius 2 is 1.94 bits per heavy atom. The third-order valence-corrected chi connectivity index (χ3v) is 1.87. The topological polar surface area (TPSA) is 63.6 Å². The summed E-state index contributed by atoms with van der Waals surface area (Å²) in [5.41, 5.74) is -0.625. The van der Waals surface area contributed by atoms with Gasteiger partial charge in [-0.1, -0.05) is 0 Å². The van der Waals surface area contributed by atoms with Crippen LogP contribution in [-0.4, -0.2) is 29.3 Å². The Labute approximate surface area is 94.8 Å². The first-order valence-electron chi connectivity index (χ1n) is 5.27. The number of carbonyl (C=O) groups excluding carboxylic acids is 1. The molecule has 0 rings (SSSR count). The minimum atomic E-state index is -1.08. The van der Waals surface area contributed by atoms with E-state index in [-0.39, 0.29) is 19.3 Å². The van der Waals surface area contributed by atoms with Gasteiger partial charge in [0.15, 0.2) is 0 Å². The van der Waals surface area contributed by atoms with E-state index in [1.165, 1.54) is 0 Å². The summed E-state index contributed by atoms with van der Waals surface area (Å²) >= 11 is 0. The quantitative estimate of drug-likeness (QED) is 0.715. The molecule has 0 saturated carbocycles. The number of hydrogen-bond donors (Lipinski definition) is 1. The number of halogens is 1. The summed E-state index contributed by atoms with van der Waals surface area (Å²) in [7, 11) is 0. The van der Waals surface area contributed by atoms with Crippen LogP contribution in [-0.2, 0) is 14.3 Å². The van der Waals surface area contributed by atoms with Gasteiger partial charge in [-0.25, -0.2) is 0 Å². The summed E-state index contributed by atoms with van der Waals surface area (Å²) in [5.74, 6) is -2.50. The van der Waals surface area contributed by atoms with Crippen molar-refractivity contribution in [1.82, 2.24) is 0 Å². The lowest BCUT2D eigenvalue weighted by Crippen LogP contribution is -2.27. The number of alkyl halides is 1. The zero-order chi connectivity index (χ0) is 12.8. The second kappa shape index (κ2) is 6.45. The molecule has 0 aromatic heterocycles. The number of carboxylic acid groups (broad SMARTS) is 1. The van der Waals surface area contributed by atoms with Gasteiger partial charge in [0.1, 0.15) is 5.60 Å². The molecule has 0 unspecified atom stereocenters. The van der Waals surface area contributed by atoms with Crippen LogP contribution >= 0.6 is 0 Å². The molecule has 0 aliphatic heterocycles. The number of aliphatic carboxylic acids is 1. The maximum atomic E-state index is 11.9. The lowest BCUT2D eigenvalue weighted by molar-refractivity contribution is -0.160. The summed E-state index contributed by atoms with van der Waals surface area (Å²) in [4.78, 5) is 22.1. The summed E-state index contributed by atoms with van der Waals surface area (Å²) in [5, 5.41) is 8.82. The zero-order valence-corrected chi connectivity index (χ0v) is 9.96. The molecule has 16 heavy (non-hydrogen) atoms. The van der Waals surface area contributed by atoms with E-state index in [2.05, 4.69) is 0 Å². The van der Waals surface area contributed by atoms with Crippen LogP contribution in [0, 0.1) is 5.92 Å². The summed E-state index contributed by atoms with van der Waals surface area (Å²) in [6.07, 6.45) is 0.109. The fourth-order valence-corrected chi connectivity index (χ4v) is 1.22. The van der Waals surface area contributed by atoms with Crippen molar-refractivity contribution in [3.63, 3.8) is 0 Å². The highest BCUT2D eigenvalue weighted by atomic mass is 19.1. The Morgan fingerprint density at radius 1 is 1.38 bits per heavy atom. The molecule has 0 fully saturated rings. The highest BCUT2D eigenvalue weighted by molar-refractivity contribution is 5.78. The molecule has 0 bridgehead atoms. The molecule has 0 saturated heterocycles. The van der Waals surface area contributed by atoms with Crippen LogP contribution in [0.15, 0.2) is 0 Å². The Bertz CT molecular complexity index is 245. The number of rotatable bonds is 6. The highest BCUT2D eigenvalue weighted by Crippen LogP contribution is 2.16. The number of esters is 1.